The smallest absolute Gasteiger partial charge is 0.251 e. The first-order valence-corrected chi connectivity index (χ1v) is 9.60. The maximum Gasteiger partial charge on any atom is 0.251 e. The Balaban J connectivity index is 1.63. The minimum Gasteiger partial charge on any atom is -0.468 e. The molecule has 0 unspecified atom stereocenters. The molecule has 6 heteroatoms. The molecule has 1 fully saturated rings. The van der Waals surface area contributed by atoms with E-state index in [0.717, 1.165) is 18.6 Å². The van der Waals surface area contributed by atoms with Crippen molar-refractivity contribution in [1.82, 2.24) is 10.2 Å². The Bertz CT molecular complexity index is 752. The van der Waals surface area contributed by atoms with Gasteiger partial charge in [-0.05, 0) is 50.1 Å². The van der Waals surface area contributed by atoms with Crippen LogP contribution in [0.4, 0.5) is 5.69 Å². The molecule has 1 saturated carbocycles. The highest BCUT2D eigenvalue weighted by Crippen LogP contribution is 2.25. The molecule has 0 radical (unpaired) electrons. The molecular weight excluding hydrogens is 342 g/mol. The third kappa shape index (κ3) is 5.44. The first kappa shape index (κ1) is 19.2. The average Bonchev–Trinajstić information content (AvgIpc) is 3.35. The second-order valence-electron chi connectivity index (χ2n) is 6.91. The number of furan rings is 1. The van der Waals surface area contributed by atoms with Gasteiger partial charge >= 0.3 is 0 Å². The summed E-state index contributed by atoms with van der Waals surface area (Å²) in [7, 11) is 0. The molecule has 1 heterocycles. The summed E-state index contributed by atoms with van der Waals surface area (Å²) >= 11 is 0. The van der Waals surface area contributed by atoms with Crippen molar-refractivity contribution in [2.75, 3.05) is 18.4 Å². The third-order valence-electron chi connectivity index (χ3n) is 4.87. The van der Waals surface area contributed by atoms with Crippen molar-refractivity contribution in [3.63, 3.8) is 0 Å². The number of hydrogen-bond acceptors (Lipinski definition) is 4. The van der Waals surface area contributed by atoms with Crippen LogP contribution in [0, 0.1) is 0 Å². The van der Waals surface area contributed by atoms with Gasteiger partial charge in [0.15, 0.2) is 0 Å². The van der Waals surface area contributed by atoms with Crippen molar-refractivity contribution < 1.29 is 14.0 Å². The highest BCUT2D eigenvalue weighted by Gasteiger charge is 2.25. The molecule has 0 spiro atoms. The first-order chi connectivity index (χ1) is 13.2. The Morgan fingerprint density at radius 3 is 2.70 bits per heavy atom. The molecule has 1 aliphatic rings. The van der Waals surface area contributed by atoms with Gasteiger partial charge in [-0.25, -0.2) is 0 Å². The number of nitrogens with one attached hydrogen (secondary N) is 2. The van der Waals surface area contributed by atoms with Gasteiger partial charge in [0.2, 0.25) is 5.91 Å². The number of anilines is 1. The molecular formula is C21H27N3O3. The van der Waals surface area contributed by atoms with E-state index >= 15 is 0 Å². The first-order valence-electron chi connectivity index (χ1n) is 9.60. The van der Waals surface area contributed by atoms with E-state index in [1.807, 2.05) is 19.1 Å². The molecule has 1 aromatic carbocycles. The zero-order valence-electron chi connectivity index (χ0n) is 15.7. The molecule has 2 N–H and O–H groups in total. The van der Waals surface area contributed by atoms with E-state index < -0.39 is 0 Å². The Hall–Kier alpha value is -2.60. The van der Waals surface area contributed by atoms with E-state index in [1.165, 1.54) is 12.8 Å². The summed E-state index contributed by atoms with van der Waals surface area (Å²) < 4.78 is 5.47. The van der Waals surface area contributed by atoms with Gasteiger partial charge in [0.05, 0.1) is 19.4 Å². The zero-order valence-corrected chi connectivity index (χ0v) is 15.7. The molecule has 144 valence electrons. The number of amides is 2. The molecule has 1 aromatic heterocycles. The summed E-state index contributed by atoms with van der Waals surface area (Å²) in [6, 6.07) is 11.2. The Labute approximate surface area is 159 Å². The second-order valence-corrected chi connectivity index (χ2v) is 6.91. The van der Waals surface area contributed by atoms with Gasteiger partial charge in [-0.15, -0.1) is 0 Å². The lowest BCUT2D eigenvalue weighted by Crippen LogP contribution is -2.39. The minimum absolute atomic E-state index is 0.0819. The number of carbonyl (C=O) groups is 2. The van der Waals surface area contributed by atoms with Crippen molar-refractivity contribution in [2.45, 2.75) is 45.2 Å². The van der Waals surface area contributed by atoms with Gasteiger partial charge in [0.25, 0.3) is 5.91 Å². The van der Waals surface area contributed by atoms with Crippen molar-refractivity contribution in [2.24, 2.45) is 0 Å². The molecule has 3 rings (SSSR count). The zero-order chi connectivity index (χ0) is 19.1. The van der Waals surface area contributed by atoms with Crippen LogP contribution in [0.2, 0.25) is 0 Å². The number of nitrogens with zero attached hydrogens (tertiary/aromatic N) is 1. The van der Waals surface area contributed by atoms with Gasteiger partial charge in [0.1, 0.15) is 5.76 Å². The molecule has 0 atom stereocenters. The van der Waals surface area contributed by atoms with Gasteiger partial charge < -0.3 is 15.1 Å². The Morgan fingerprint density at radius 2 is 2.00 bits per heavy atom. The number of rotatable bonds is 8. The predicted octanol–water partition coefficient (Wildman–Crippen LogP) is 3.41. The van der Waals surface area contributed by atoms with Gasteiger partial charge in [-0.1, -0.05) is 18.9 Å². The lowest BCUT2D eigenvalue weighted by atomic mass is 10.1. The maximum absolute atomic E-state index is 12.6. The largest absolute Gasteiger partial charge is 0.468 e. The molecule has 27 heavy (non-hydrogen) atoms. The van der Waals surface area contributed by atoms with Crippen LogP contribution in [0.25, 0.3) is 0 Å². The molecule has 0 saturated heterocycles. The summed E-state index contributed by atoms with van der Waals surface area (Å²) in [6.07, 6.45) is 6.29. The van der Waals surface area contributed by atoms with Crippen LogP contribution < -0.4 is 10.6 Å². The highest BCUT2D eigenvalue weighted by molar-refractivity contribution is 5.97. The topological polar surface area (TPSA) is 74.6 Å². The van der Waals surface area contributed by atoms with Crippen molar-refractivity contribution in [3.05, 3.63) is 54.0 Å². The highest BCUT2D eigenvalue weighted by atomic mass is 16.3. The molecule has 1 aliphatic carbocycles. The van der Waals surface area contributed by atoms with Crippen molar-refractivity contribution >= 4 is 17.5 Å². The van der Waals surface area contributed by atoms with Gasteiger partial charge in [0, 0.05) is 23.8 Å². The quantitative estimate of drug-likeness (QED) is 0.748. The predicted molar refractivity (Wildman–Crippen MR) is 104 cm³/mol. The molecule has 2 amide bonds. The normalized spacial score (nSPS) is 14.4. The van der Waals surface area contributed by atoms with E-state index in [-0.39, 0.29) is 11.8 Å². The fourth-order valence-electron chi connectivity index (χ4n) is 3.57. The maximum atomic E-state index is 12.6. The summed E-state index contributed by atoms with van der Waals surface area (Å²) in [6.45, 7) is 3.37. The SMILES string of the molecule is CCNC(=O)c1cccc(NC(=O)CN(Cc2ccco2)C2CCCC2)c1. The molecule has 2 aromatic rings. The molecule has 0 bridgehead atoms. The van der Waals surface area contributed by atoms with E-state index in [1.54, 1.807) is 30.5 Å². The van der Waals surface area contributed by atoms with Crippen LogP contribution in [0.1, 0.15) is 48.7 Å². The monoisotopic (exact) mass is 369 g/mol. The van der Waals surface area contributed by atoms with Crippen LogP contribution in [-0.2, 0) is 11.3 Å². The Kier molecular flexibility index (Phi) is 6.65. The summed E-state index contributed by atoms with van der Waals surface area (Å²) in [5.74, 6) is 0.647. The number of benzene rings is 1. The third-order valence-corrected chi connectivity index (χ3v) is 4.87. The molecule has 0 aliphatic heterocycles. The fourth-order valence-corrected chi connectivity index (χ4v) is 3.57. The van der Waals surface area contributed by atoms with E-state index in [2.05, 4.69) is 15.5 Å². The van der Waals surface area contributed by atoms with Crippen LogP contribution in [0.5, 0.6) is 0 Å². The summed E-state index contributed by atoms with van der Waals surface area (Å²) in [5, 5.41) is 5.69. The second kappa shape index (κ2) is 9.37. The van der Waals surface area contributed by atoms with E-state index in [4.69, 9.17) is 4.42 Å². The summed E-state index contributed by atoms with van der Waals surface area (Å²) in [5.41, 5.74) is 1.17. The fraction of sp³-hybridized carbons (Fsp3) is 0.429. The van der Waals surface area contributed by atoms with E-state index in [9.17, 15) is 9.59 Å². The van der Waals surface area contributed by atoms with Gasteiger partial charge in [-0.2, -0.15) is 0 Å². The van der Waals surface area contributed by atoms with Crippen LogP contribution >= 0.6 is 0 Å². The molecule has 6 nitrogen and oxygen atoms in total. The van der Waals surface area contributed by atoms with Crippen LogP contribution in [0.3, 0.4) is 0 Å². The van der Waals surface area contributed by atoms with Crippen molar-refractivity contribution in [1.29, 1.82) is 0 Å². The summed E-state index contributed by atoms with van der Waals surface area (Å²) in [4.78, 5) is 26.8. The number of hydrogen-bond donors (Lipinski definition) is 2. The Morgan fingerprint density at radius 1 is 1.19 bits per heavy atom. The van der Waals surface area contributed by atoms with Gasteiger partial charge in [-0.3, -0.25) is 14.5 Å². The standard InChI is InChI=1S/C21H27N3O3/c1-2-22-21(26)16-7-5-8-17(13-16)23-20(25)15-24(18-9-3-4-10-18)14-19-11-6-12-27-19/h5-8,11-13,18H,2-4,9-10,14-15H2,1H3,(H,22,26)(H,23,25). The van der Waals surface area contributed by atoms with Crippen LogP contribution in [-0.4, -0.2) is 35.8 Å². The lowest BCUT2D eigenvalue weighted by molar-refractivity contribution is -0.118. The average molecular weight is 369 g/mol. The van der Waals surface area contributed by atoms with Crippen molar-refractivity contribution in [3.8, 4) is 0 Å². The number of carbonyl (C=O) groups excluding carboxylic acids is 2. The lowest BCUT2D eigenvalue weighted by Gasteiger charge is -2.27. The van der Waals surface area contributed by atoms with E-state index in [0.29, 0.717) is 36.9 Å². The minimum atomic E-state index is -0.140. The van der Waals surface area contributed by atoms with Crippen LogP contribution in [0.15, 0.2) is 47.1 Å².